The van der Waals surface area contributed by atoms with E-state index in [1.807, 2.05) is 24.3 Å². The second kappa shape index (κ2) is 8.11. The van der Waals surface area contributed by atoms with E-state index in [1.54, 1.807) is 24.3 Å². The average Bonchev–Trinajstić information content (AvgIpc) is 2.70. The number of rotatable bonds is 5. The molecule has 0 heterocycles. The maximum absolute atomic E-state index is 13.1. The van der Waals surface area contributed by atoms with Crippen LogP contribution in [0.25, 0.3) is 11.1 Å². The lowest BCUT2D eigenvalue weighted by atomic mass is 10.0. The Hall–Kier alpha value is -3.72. The summed E-state index contributed by atoms with van der Waals surface area (Å²) in [7, 11) is 0. The molecule has 1 N–H and O–H groups in total. The number of halogens is 2. The van der Waals surface area contributed by atoms with Gasteiger partial charge in [-0.1, -0.05) is 24.3 Å². The van der Waals surface area contributed by atoms with Gasteiger partial charge < -0.3 is 10.1 Å². The van der Waals surface area contributed by atoms with Crippen LogP contribution in [0, 0.1) is 23.0 Å². The number of nitrogens with one attached hydrogen (secondary N) is 1. The van der Waals surface area contributed by atoms with Crippen molar-refractivity contribution in [3.8, 4) is 22.9 Å². The van der Waals surface area contributed by atoms with Crippen molar-refractivity contribution in [3.63, 3.8) is 0 Å². The first-order valence-electron chi connectivity index (χ1n) is 8.03. The van der Waals surface area contributed by atoms with Gasteiger partial charge in [-0.3, -0.25) is 4.79 Å². The third-order valence-corrected chi connectivity index (χ3v) is 3.77. The van der Waals surface area contributed by atoms with E-state index in [-0.39, 0.29) is 12.3 Å². The van der Waals surface area contributed by atoms with E-state index < -0.39 is 17.5 Å². The van der Waals surface area contributed by atoms with Gasteiger partial charge in [0, 0.05) is 11.8 Å². The normalized spacial score (nSPS) is 10.1. The van der Waals surface area contributed by atoms with Crippen molar-refractivity contribution in [2.24, 2.45) is 0 Å². The second-order valence-electron chi connectivity index (χ2n) is 5.68. The third-order valence-electron chi connectivity index (χ3n) is 3.77. The Kier molecular flexibility index (Phi) is 5.43. The second-order valence-corrected chi connectivity index (χ2v) is 5.68. The Labute approximate surface area is 154 Å². The smallest absolute Gasteiger partial charge is 0.262 e. The maximum atomic E-state index is 13.1. The van der Waals surface area contributed by atoms with Crippen LogP contribution in [-0.2, 0) is 4.79 Å². The van der Waals surface area contributed by atoms with Crippen molar-refractivity contribution in [1.29, 1.82) is 5.26 Å². The summed E-state index contributed by atoms with van der Waals surface area (Å²) < 4.78 is 31.4. The van der Waals surface area contributed by atoms with Gasteiger partial charge in [-0.05, 0) is 47.5 Å². The molecule has 134 valence electrons. The van der Waals surface area contributed by atoms with Crippen molar-refractivity contribution >= 4 is 11.6 Å². The zero-order valence-corrected chi connectivity index (χ0v) is 14.1. The number of carbonyl (C=O) groups is 1. The average molecular weight is 364 g/mol. The Morgan fingerprint density at radius 1 is 0.926 bits per heavy atom. The summed E-state index contributed by atoms with van der Waals surface area (Å²) in [5.74, 6) is -2.01. The molecule has 4 nitrogen and oxygen atoms in total. The van der Waals surface area contributed by atoms with Crippen LogP contribution < -0.4 is 10.1 Å². The summed E-state index contributed by atoms with van der Waals surface area (Å²) in [5.41, 5.74) is 2.64. The Balaban J connectivity index is 1.57. The maximum Gasteiger partial charge on any atom is 0.262 e. The fraction of sp³-hybridized carbons (Fsp3) is 0.0476. The van der Waals surface area contributed by atoms with Crippen molar-refractivity contribution in [3.05, 3.63) is 83.9 Å². The van der Waals surface area contributed by atoms with Crippen LogP contribution >= 0.6 is 0 Å². The molecule has 1 amide bonds. The monoisotopic (exact) mass is 364 g/mol. The standard InChI is InChI=1S/C21H14F2N2O2/c22-19-10-7-17(11-20(19)23)25-21(26)13-27-18-8-5-16(6-9-18)15-3-1-14(12-24)2-4-15/h1-11H,13H2,(H,25,26). The van der Waals surface area contributed by atoms with Crippen LogP contribution in [0.3, 0.4) is 0 Å². The highest BCUT2D eigenvalue weighted by Gasteiger charge is 2.07. The first-order valence-corrected chi connectivity index (χ1v) is 8.03. The van der Waals surface area contributed by atoms with Gasteiger partial charge in [-0.15, -0.1) is 0 Å². The topological polar surface area (TPSA) is 62.1 Å². The molecule has 0 aliphatic heterocycles. The number of anilines is 1. The van der Waals surface area contributed by atoms with Gasteiger partial charge in [0.05, 0.1) is 11.6 Å². The van der Waals surface area contributed by atoms with Gasteiger partial charge in [0.25, 0.3) is 5.91 Å². The lowest BCUT2D eigenvalue weighted by Gasteiger charge is -2.09. The molecule has 0 atom stereocenters. The third kappa shape index (κ3) is 4.67. The summed E-state index contributed by atoms with van der Waals surface area (Å²) >= 11 is 0. The van der Waals surface area contributed by atoms with E-state index in [0.29, 0.717) is 11.3 Å². The molecule has 3 aromatic carbocycles. The number of ether oxygens (including phenoxy) is 1. The number of nitrogens with zero attached hydrogens (tertiary/aromatic N) is 1. The van der Waals surface area contributed by atoms with Crippen LogP contribution in [0.15, 0.2) is 66.7 Å². The first kappa shape index (κ1) is 18.1. The van der Waals surface area contributed by atoms with Crippen molar-refractivity contribution < 1.29 is 18.3 Å². The predicted molar refractivity (Wildman–Crippen MR) is 97.1 cm³/mol. The van der Waals surface area contributed by atoms with Crippen LogP contribution in [0.4, 0.5) is 14.5 Å². The molecule has 0 aliphatic carbocycles. The summed E-state index contributed by atoms with van der Waals surface area (Å²) in [6, 6.07) is 19.5. The highest BCUT2D eigenvalue weighted by atomic mass is 19.2. The molecule has 0 aromatic heterocycles. The molecular formula is C21H14F2N2O2. The Bertz CT molecular complexity index is 994. The van der Waals surface area contributed by atoms with Crippen molar-refractivity contribution in [2.45, 2.75) is 0 Å². The molecule has 0 saturated heterocycles. The van der Waals surface area contributed by atoms with Gasteiger partial charge in [0.1, 0.15) is 5.75 Å². The summed E-state index contributed by atoms with van der Waals surface area (Å²) in [5, 5.41) is 11.3. The zero-order chi connectivity index (χ0) is 19.2. The number of nitriles is 1. The highest BCUT2D eigenvalue weighted by molar-refractivity contribution is 5.91. The van der Waals surface area contributed by atoms with Crippen LogP contribution in [0.1, 0.15) is 5.56 Å². The van der Waals surface area contributed by atoms with Gasteiger partial charge in [0.15, 0.2) is 18.2 Å². The number of hydrogen-bond donors (Lipinski definition) is 1. The van der Waals surface area contributed by atoms with Crippen LogP contribution in [0.5, 0.6) is 5.75 Å². The molecule has 0 fully saturated rings. The lowest BCUT2D eigenvalue weighted by Crippen LogP contribution is -2.20. The predicted octanol–water partition coefficient (Wildman–Crippen LogP) is 4.52. The fourth-order valence-electron chi connectivity index (χ4n) is 2.40. The molecule has 6 heteroatoms. The molecule has 0 spiro atoms. The molecular weight excluding hydrogens is 350 g/mol. The quantitative estimate of drug-likeness (QED) is 0.724. The molecule has 0 radical (unpaired) electrons. The first-order chi connectivity index (χ1) is 13.0. The molecule has 0 aliphatic rings. The van der Waals surface area contributed by atoms with E-state index in [0.717, 1.165) is 23.3 Å². The number of hydrogen-bond acceptors (Lipinski definition) is 3. The van der Waals surface area contributed by atoms with Crippen molar-refractivity contribution in [1.82, 2.24) is 0 Å². The van der Waals surface area contributed by atoms with Gasteiger partial charge in [0.2, 0.25) is 0 Å². The minimum absolute atomic E-state index is 0.152. The number of carbonyl (C=O) groups excluding carboxylic acids is 1. The van der Waals surface area contributed by atoms with E-state index >= 15 is 0 Å². The Morgan fingerprint density at radius 3 is 2.15 bits per heavy atom. The molecule has 27 heavy (non-hydrogen) atoms. The molecule has 0 unspecified atom stereocenters. The van der Waals surface area contributed by atoms with Crippen LogP contribution in [-0.4, -0.2) is 12.5 Å². The fourth-order valence-corrected chi connectivity index (χ4v) is 2.40. The van der Waals surface area contributed by atoms with E-state index in [2.05, 4.69) is 11.4 Å². The summed E-state index contributed by atoms with van der Waals surface area (Å²) in [6.07, 6.45) is 0. The van der Waals surface area contributed by atoms with Gasteiger partial charge >= 0.3 is 0 Å². The lowest BCUT2D eigenvalue weighted by molar-refractivity contribution is -0.118. The van der Waals surface area contributed by atoms with Crippen LogP contribution in [0.2, 0.25) is 0 Å². The van der Waals surface area contributed by atoms with E-state index in [1.165, 1.54) is 6.07 Å². The molecule has 3 aromatic rings. The minimum Gasteiger partial charge on any atom is -0.484 e. The number of amides is 1. The summed E-state index contributed by atoms with van der Waals surface area (Å²) in [4.78, 5) is 11.9. The summed E-state index contributed by atoms with van der Waals surface area (Å²) in [6.45, 7) is -0.269. The molecule has 3 rings (SSSR count). The highest BCUT2D eigenvalue weighted by Crippen LogP contribution is 2.23. The SMILES string of the molecule is N#Cc1ccc(-c2ccc(OCC(=O)Nc3ccc(F)c(F)c3)cc2)cc1. The zero-order valence-electron chi connectivity index (χ0n) is 14.1. The Morgan fingerprint density at radius 2 is 1.56 bits per heavy atom. The van der Waals surface area contributed by atoms with Gasteiger partial charge in [-0.2, -0.15) is 5.26 Å². The van der Waals surface area contributed by atoms with Gasteiger partial charge in [-0.25, -0.2) is 8.78 Å². The largest absolute Gasteiger partial charge is 0.484 e. The minimum atomic E-state index is -1.04. The van der Waals surface area contributed by atoms with E-state index in [9.17, 15) is 13.6 Å². The molecule has 0 bridgehead atoms. The number of benzene rings is 3. The molecule has 0 saturated carbocycles. The van der Waals surface area contributed by atoms with Crippen molar-refractivity contribution in [2.75, 3.05) is 11.9 Å². The van der Waals surface area contributed by atoms with E-state index in [4.69, 9.17) is 10.00 Å².